The van der Waals surface area contributed by atoms with Crippen molar-refractivity contribution >= 4 is 72.5 Å². The summed E-state index contributed by atoms with van der Waals surface area (Å²) >= 11 is 0. The van der Waals surface area contributed by atoms with E-state index < -0.39 is 63.9 Å². The Balaban J connectivity index is 0.00000364. The van der Waals surface area contributed by atoms with Crippen molar-refractivity contribution in [1.29, 1.82) is 0 Å². The normalized spacial score (nSPS) is 11.6. The van der Waals surface area contributed by atoms with Gasteiger partial charge in [-0.1, -0.05) is 0 Å². The quantitative estimate of drug-likeness (QED) is 0.392. The maximum absolute atomic E-state index is 11.7. The van der Waals surface area contributed by atoms with E-state index in [2.05, 4.69) is 9.47 Å². The van der Waals surface area contributed by atoms with Crippen LogP contribution in [0.4, 0.5) is 0 Å². The van der Waals surface area contributed by atoms with Crippen LogP contribution in [0, 0.1) is 0 Å². The zero-order valence-corrected chi connectivity index (χ0v) is 14.9. The molecule has 0 heterocycles. The first-order valence-corrected chi connectivity index (χ1v) is 9.51. The zero-order valence-electron chi connectivity index (χ0n) is 13.3. The van der Waals surface area contributed by atoms with Crippen molar-refractivity contribution in [2.75, 3.05) is 14.2 Å². The number of methoxy groups -OCH3 is 2. The molecule has 0 atom stereocenters. The van der Waals surface area contributed by atoms with Gasteiger partial charge in [0.2, 0.25) is 0 Å². The molecule has 2 rings (SSSR count). The average Bonchev–Trinajstić information content (AvgIpc) is 2.56. The number of esters is 2. The first kappa shape index (κ1) is 23.5. The molecule has 0 spiro atoms. The summed E-state index contributed by atoms with van der Waals surface area (Å²) in [6.07, 6.45) is 0. The van der Waals surface area contributed by atoms with Crippen molar-refractivity contribution in [3.8, 4) is 0 Å². The van der Waals surface area contributed by atoms with Gasteiger partial charge in [0, 0.05) is 10.8 Å². The molecule has 0 saturated heterocycles. The van der Waals surface area contributed by atoms with Gasteiger partial charge in [-0.25, -0.2) is 9.59 Å². The molecule has 10 nitrogen and oxygen atoms in total. The fraction of sp³-hybridized carbons (Fsp3) is 0.143. The van der Waals surface area contributed by atoms with Crippen LogP contribution in [-0.4, -0.2) is 81.7 Å². The summed E-state index contributed by atoms with van der Waals surface area (Å²) in [5.74, 6) is -2.04. The van der Waals surface area contributed by atoms with E-state index in [1.165, 1.54) is 0 Å². The summed E-state index contributed by atoms with van der Waals surface area (Å²) in [7, 11) is -7.88. The predicted molar refractivity (Wildman–Crippen MR) is 93.4 cm³/mol. The third-order valence-electron chi connectivity index (χ3n) is 3.39. The molecule has 0 aliphatic heterocycles. The molecule has 2 aromatic carbocycles. The van der Waals surface area contributed by atoms with Crippen LogP contribution in [0.25, 0.3) is 10.8 Å². The van der Waals surface area contributed by atoms with Crippen LogP contribution in [0.3, 0.4) is 0 Å². The second-order valence-corrected chi connectivity index (χ2v) is 7.76. The van der Waals surface area contributed by atoms with Gasteiger partial charge in [0.1, 0.15) is 9.79 Å². The number of hydrogen-bond donors (Lipinski definition) is 2. The number of carbonyl (C=O) groups is 2. The molecule has 142 valence electrons. The Labute approximate surface area is 176 Å². The van der Waals surface area contributed by atoms with Crippen LogP contribution in [0.1, 0.15) is 20.7 Å². The number of hydrogen-bond acceptors (Lipinski definition) is 8. The third-order valence-corrected chi connectivity index (χ3v) is 5.18. The fourth-order valence-corrected chi connectivity index (χ4v) is 3.74. The SMILES string of the molecule is COC(=O)c1cc(S(=O)(=O)O)c2cc(C(=O)OC)cc(S(=O)(=O)O)c2c1.[NaH]. The molecule has 0 amide bonds. The molecule has 0 aromatic heterocycles. The maximum atomic E-state index is 11.7. The molecule has 0 aliphatic carbocycles. The monoisotopic (exact) mass is 428 g/mol. The zero-order chi connectivity index (χ0) is 19.9. The Morgan fingerprint density at radius 1 is 0.741 bits per heavy atom. The molecule has 0 aliphatic rings. The van der Waals surface area contributed by atoms with Crippen LogP contribution in [0.15, 0.2) is 34.1 Å². The average molecular weight is 428 g/mol. The first-order valence-electron chi connectivity index (χ1n) is 6.63. The minimum absolute atomic E-state index is 0. The molecule has 27 heavy (non-hydrogen) atoms. The summed E-state index contributed by atoms with van der Waals surface area (Å²) in [6, 6.07) is 3.39. The molecular formula is C14H13NaO10S2. The van der Waals surface area contributed by atoms with E-state index in [-0.39, 0.29) is 29.6 Å². The summed E-state index contributed by atoms with van der Waals surface area (Å²) in [4.78, 5) is 21.8. The first-order chi connectivity index (χ1) is 11.9. The van der Waals surface area contributed by atoms with Crippen LogP contribution in [0.5, 0.6) is 0 Å². The van der Waals surface area contributed by atoms with Gasteiger partial charge >= 0.3 is 41.5 Å². The van der Waals surface area contributed by atoms with E-state index in [4.69, 9.17) is 0 Å². The molecule has 0 unspecified atom stereocenters. The summed E-state index contributed by atoms with van der Waals surface area (Å²) < 4.78 is 74.6. The molecule has 2 aromatic rings. The molecular weight excluding hydrogens is 415 g/mol. The second-order valence-electron chi connectivity index (χ2n) is 4.98. The Kier molecular flexibility index (Phi) is 7.16. The standard InChI is InChI=1S/C14H12O10S2.Na.H/c1-23-13(15)7-3-9-10(11(5-7)25(17,18)19)4-8(14(16)24-2)6-12(9)26(20,21)22;;/h3-6H,1-2H3,(H,17,18,19)(H,20,21,22);;. The van der Waals surface area contributed by atoms with Gasteiger partial charge in [-0.3, -0.25) is 9.11 Å². The number of carbonyl (C=O) groups excluding carboxylic acids is 2. The van der Waals surface area contributed by atoms with Crippen LogP contribution in [-0.2, 0) is 29.7 Å². The van der Waals surface area contributed by atoms with Crippen molar-refractivity contribution in [2.24, 2.45) is 0 Å². The van der Waals surface area contributed by atoms with Crippen molar-refractivity contribution < 1.29 is 45.0 Å². The van der Waals surface area contributed by atoms with Gasteiger partial charge in [-0.05, 0) is 24.3 Å². The number of rotatable bonds is 4. The van der Waals surface area contributed by atoms with E-state index >= 15 is 0 Å². The van der Waals surface area contributed by atoms with Crippen LogP contribution < -0.4 is 0 Å². The van der Waals surface area contributed by atoms with E-state index in [0.29, 0.717) is 0 Å². The molecule has 13 heteroatoms. The number of fused-ring (bicyclic) bond motifs is 1. The summed E-state index contributed by atoms with van der Waals surface area (Å²) in [5, 5.41) is -0.841. The van der Waals surface area contributed by atoms with Crippen LogP contribution in [0.2, 0.25) is 0 Å². The Hall–Kier alpha value is -1.54. The van der Waals surface area contributed by atoms with Gasteiger partial charge in [0.05, 0.1) is 25.3 Å². The fourth-order valence-electron chi connectivity index (χ4n) is 2.29. The Morgan fingerprint density at radius 3 is 1.26 bits per heavy atom. The molecule has 0 fully saturated rings. The van der Waals surface area contributed by atoms with Crippen molar-refractivity contribution in [3.05, 3.63) is 35.4 Å². The van der Waals surface area contributed by atoms with Gasteiger partial charge in [0.25, 0.3) is 20.2 Å². The Morgan fingerprint density at radius 2 is 1.04 bits per heavy atom. The number of benzene rings is 2. The molecule has 0 radical (unpaired) electrons. The Bertz CT molecular complexity index is 1040. The van der Waals surface area contributed by atoms with E-state index in [9.17, 15) is 35.5 Å². The summed E-state index contributed by atoms with van der Waals surface area (Å²) in [5.41, 5.74) is -0.799. The van der Waals surface area contributed by atoms with Gasteiger partial charge < -0.3 is 9.47 Å². The van der Waals surface area contributed by atoms with Gasteiger partial charge in [0.15, 0.2) is 0 Å². The van der Waals surface area contributed by atoms with Crippen LogP contribution >= 0.6 is 0 Å². The van der Waals surface area contributed by atoms with Crippen molar-refractivity contribution in [3.63, 3.8) is 0 Å². The van der Waals surface area contributed by atoms with Crippen molar-refractivity contribution in [1.82, 2.24) is 0 Å². The van der Waals surface area contributed by atoms with E-state index in [1.54, 1.807) is 0 Å². The third kappa shape index (κ3) is 4.85. The minimum atomic E-state index is -4.94. The summed E-state index contributed by atoms with van der Waals surface area (Å²) in [6.45, 7) is 0. The van der Waals surface area contributed by atoms with Crippen molar-refractivity contribution in [2.45, 2.75) is 9.79 Å². The molecule has 2 N–H and O–H groups in total. The second kappa shape index (κ2) is 8.22. The van der Waals surface area contributed by atoms with E-state index in [1.807, 2.05) is 0 Å². The molecule has 0 saturated carbocycles. The van der Waals surface area contributed by atoms with Gasteiger partial charge in [-0.2, -0.15) is 16.8 Å². The topological polar surface area (TPSA) is 161 Å². The predicted octanol–water partition coefficient (Wildman–Crippen LogP) is 0.258. The molecule has 0 bridgehead atoms. The van der Waals surface area contributed by atoms with Gasteiger partial charge in [-0.15, -0.1) is 0 Å². The van der Waals surface area contributed by atoms with E-state index in [0.717, 1.165) is 38.5 Å². The number of ether oxygens (including phenoxy) is 2.